The molecule has 0 aliphatic rings. The molecule has 0 amide bonds. The zero-order valence-corrected chi connectivity index (χ0v) is 10.1. The Hall–Kier alpha value is -1.57. The first-order valence-electron chi connectivity index (χ1n) is 5.80. The predicted octanol–water partition coefficient (Wildman–Crippen LogP) is 3.60. The molecule has 1 atom stereocenters. The maximum Gasteiger partial charge on any atom is 0.0951 e. The fraction of sp³-hybridized carbons (Fsp3) is 0.357. The fourth-order valence-electron chi connectivity index (χ4n) is 1.95. The van der Waals surface area contributed by atoms with Crippen molar-refractivity contribution >= 4 is 0 Å². The van der Waals surface area contributed by atoms with Gasteiger partial charge in [-0.3, -0.25) is 0 Å². The molecule has 1 heterocycles. The van der Waals surface area contributed by atoms with Crippen molar-refractivity contribution in [2.75, 3.05) is 0 Å². The van der Waals surface area contributed by atoms with E-state index in [1.807, 2.05) is 12.4 Å². The molecule has 2 rings (SSSR count). The highest BCUT2D eigenvalue weighted by Crippen LogP contribution is 2.29. The Kier molecular flexibility index (Phi) is 3.09. The molecule has 0 saturated heterocycles. The second-order valence-corrected chi connectivity index (χ2v) is 4.26. The minimum absolute atomic E-state index is 0.511. The van der Waals surface area contributed by atoms with E-state index in [0.29, 0.717) is 5.92 Å². The molecule has 0 bridgehead atoms. The molecule has 84 valence electrons. The van der Waals surface area contributed by atoms with Gasteiger partial charge in [0.15, 0.2) is 0 Å². The second kappa shape index (κ2) is 4.52. The van der Waals surface area contributed by atoms with Crippen molar-refractivity contribution in [3.8, 4) is 11.3 Å². The lowest BCUT2D eigenvalue weighted by Gasteiger charge is -2.10. The Balaban J connectivity index is 2.52. The van der Waals surface area contributed by atoms with Crippen LogP contribution < -0.4 is 0 Å². The second-order valence-electron chi connectivity index (χ2n) is 4.26. The molecule has 0 N–H and O–H groups in total. The molecule has 0 radical (unpaired) electrons. The molecule has 1 aromatic carbocycles. The zero-order valence-electron chi connectivity index (χ0n) is 10.1. The Morgan fingerprint density at radius 3 is 2.56 bits per heavy atom. The summed E-state index contributed by atoms with van der Waals surface area (Å²) in [4.78, 5) is 4.53. The van der Waals surface area contributed by atoms with E-state index >= 15 is 0 Å². The highest BCUT2D eigenvalue weighted by molar-refractivity contribution is 5.62. The Morgan fingerprint density at radius 2 is 1.94 bits per heavy atom. The maximum atomic E-state index is 4.53. The number of aryl methyl sites for hydroxylation is 1. The van der Waals surface area contributed by atoms with Crippen LogP contribution in [0.25, 0.3) is 11.3 Å². The SMILES string of the molecule is CCC(C)c1ncn(C)c1-c1ccccc1. The summed E-state index contributed by atoms with van der Waals surface area (Å²) in [6, 6.07) is 10.5. The van der Waals surface area contributed by atoms with Crippen molar-refractivity contribution in [3.05, 3.63) is 42.4 Å². The molecule has 2 heteroatoms. The molecular formula is C14H18N2. The van der Waals surface area contributed by atoms with Gasteiger partial charge in [-0.15, -0.1) is 0 Å². The average Bonchev–Trinajstić information content (AvgIpc) is 2.71. The Labute approximate surface area is 97.0 Å². The Bertz CT molecular complexity index is 457. The molecule has 1 unspecified atom stereocenters. The van der Waals surface area contributed by atoms with E-state index in [4.69, 9.17) is 0 Å². The zero-order chi connectivity index (χ0) is 11.5. The molecule has 2 nitrogen and oxygen atoms in total. The predicted molar refractivity (Wildman–Crippen MR) is 67.4 cm³/mol. The summed E-state index contributed by atoms with van der Waals surface area (Å²) in [6.07, 6.45) is 3.03. The van der Waals surface area contributed by atoms with Crippen LogP contribution in [0.3, 0.4) is 0 Å². The lowest BCUT2D eigenvalue weighted by atomic mass is 9.99. The number of benzene rings is 1. The highest BCUT2D eigenvalue weighted by Gasteiger charge is 2.15. The van der Waals surface area contributed by atoms with Crippen LogP contribution in [0.1, 0.15) is 31.9 Å². The molecule has 0 spiro atoms. The van der Waals surface area contributed by atoms with Gasteiger partial charge in [-0.1, -0.05) is 44.2 Å². The van der Waals surface area contributed by atoms with Crippen LogP contribution in [0, 0.1) is 0 Å². The van der Waals surface area contributed by atoms with Crippen LogP contribution in [0.15, 0.2) is 36.7 Å². The summed E-state index contributed by atoms with van der Waals surface area (Å²) in [6.45, 7) is 4.43. The van der Waals surface area contributed by atoms with Gasteiger partial charge < -0.3 is 4.57 Å². The molecule has 16 heavy (non-hydrogen) atoms. The van der Waals surface area contributed by atoms with Gasteiger partial charge in [0.2, 0.25) is 0 Å². The van der Waals surface area contributed by atoms with Crippen LogP contribution in [0.2, 0.25) is 0 Å². The lowest BCUT2D eigenvalue weighted by Crippen LogP contribution is -1.97. The third kappa shape index (κ3) is 1.87. The minimum Gasteiger partial charge on any atom is -0.334 e. The van der Waals surface area contributed by atoms with Gasteiger partial charge in [0.05, 0.1) is 17.7 Å². The number of imidazole rings is 1. The van der Waals surface area contributed by atoms with E-state index in [9.17, 15) is 0 Å². The van der Waals surface area contributed by atoms with E-state index in [1.165, 1.54) is 17.0 Å². The topological polar surface area (TPSA) is 17.8 Å². The smallest absolute Gasteiger partial charge is 0.0951 e. The van der Waals surface area contributed by atoms with Crippen LogP contribution in [-0.4, -0.2) is 9.55 Å². The number of rotatable bonds is 3. The van der Waals surface area contributed by atoms with E-state index in [2.05, 4.69) is 54.7 Å². The van der Waals surface area contributed by atoms with Crippen LogP contribution in [0.4, 0.5) is 0 Å². The number of aromatic nitrogens is 2. The van der Waals surface area contributed by atoms with Crippen LogP contribution >= 0.6 is 0 Å². The number of nitrogens with zero attached hydrogens (tertiary/aromatic N) is 2. The third-order valence-electron chi connectivity index (χ3n) is 3.09. The summed E-state index contributed by atoms with van der Waals surface area (Å²) in [7, 11) is 2.06. The summed E-state index contributed by atoms with van der Waals surface area (Å²) in [5.41, 5.74) is 3.70. The van der Waals surface area contributed by atoms with Crippen molar-refractivity contribution in [1.82, 2.24) is 9.55 Å². The summed E-state index contributed by atoms with van der Waals surface area (Å²) < 4.78 is 2.11. The quantitative estimate of drug-likeness (QED) is 0.763. The lowest BCUT2D eigenvalue weighted by molar-refractivity contribution is 0.714. The summed E-state index contributed by atoms with van der Waals surface area (Å²) in [5.74, 6) is 0.511. The summed E-state index contributed by atoms with van der Waals surface area (Å²) >= 11 is 0. The van der Waals surface area contributed by atoms with E-state index < -0.39 is 0 Å². The van der Waals surface area contributed by atoms with E-state index in [-0.39, 0.29) is 0 Å². The minimum atomic E-state index is 0.511. The van der Waals surface area contributed by atoms with Gasteiger partial charge in [0, 0.05) is 18.5 Å². The van der Waals surface area contributed by atoms with Gasteiger partial charge in [-0.25, -0.2) is 4.98 Å². The van der Waals surface area contributed by atoms with Gasteiger partial charge in [0.1, 0.15) is 0 Å². The highest BCUT2D eigenvalue weighted by atomic mass is 15.0. The molecule has 0 saturated carbocycles. The first-order valence-corrected chi connectivity index (χ1v) is 5.80. The molecule has 0 aliphatic carbocycles. The van der Waals surface area contributed by atoms with Gasteiger partial charge >= 0.3 is 0 Å². The molecule has 2 aromatic rings. The fourth-order valence-corrected chi connectivity index (χ4v) is 1.95. The average molecular weight is 214 g/mol. The normalized spacial score (nSPS) is 12.7. The maximum absolute atomic E-state index is 4.53. The number of hydrogen-bond acceptors (Lipinski definition) is 1. The van der Waals surface area contributed by atoms with Crippen molar-refractivity contribution in [2.45, 2.75) is 26.2 Å². The first-order chi connectivity index (χ1) is 7.74. The first kappa shape index (κ1) is 10.9. The third-order valence-corrected chi connectivity index (χ3v) is 3.09. The molecule has 1 aromatic heterocycles. The van der Waals surface area contributed by atoms with Gasteiger partial charge in [-0.2, -0.15) is 0 Å². The van der Waals surface area contributed by atoms with Crippen molar-refractivity contribution < 1.29 is 0 Å². The largest absolute Gasteiger partial charge is 0.334 e. The van der Waals surface area contributed by atoms with E-state index in [0.717, 1.165) is 6.42 Å². The summed E-state index contributed by atoms with van der Waals surface area (Å²) in [5, 5.41) is 0. The van der Waals surface area contributed by atoms with Crippen molar-refractivity contribution in [2.24, 2.45) is 7.05 Å². The van der Waals surface area contributed by atoms with E-state index in [1.54, 1.807) is 0 Å². The van der Waals surface area contributed by atoms with Crippen LogP contribution in [-0.2, 0) is 7.05 Å². The van der Waals surface area contributed by atoms with Crippen molar-refractivity contribution in [1.29, 1.82) is 0 Å². The number of hydrogen-bond donors (Lipinski definition) is 0. The Morgan fingerprint density at radius 1 is 1.25 bits per heavy atom. The van der Waals surface area contributed by atoms with Crippen LogP contribution in [0.5, 0.6) is 0 Å². The molecule has 0 aliphatic heterocycles. The van der Waals surface area contributed by atoms with Gasteiger partial charge in [-0.05, 0) is 6.42 Å². The monoisotopic (exact) mass is 214 g/mol. The molecule has 0 fully saturated rings. The standard InChI is InChI=1S/C14H18N2/c1-4-11(2)13-14(16(3)10-15-13)12-8-6-5-7-9-12/h5-11H,4H2,1-3H3. The molecular weight excluding hydrogens is 196 g/mol. The van der Waals surface area contributed by atoms with Crippen molar-refractivity contribution in [3.63, 3.8) is 0 Å². The van der Waals surface area contributed by atoms with Gasteiger partial charge in [0.25, 0.3) is 0 Å².